The number of unbranched alkanes of at least 4 members (excludes halogenated alkanes) is 1. The van der Waals surface area contributed by atoms with Crippen LogP contribution in [0.4, 0.5) is 5.69 Å². The Morgan fingerprint density at radius 2 is 1.62 bits per heavy atom. The Morgan fingerprint density at radius 1 is 0.950 bits per heavy atom. The summed E-state index contributed by atoms with van der Waals surface area (Å²) in [5.74, 6) is -0.748. The molecule has 214 valence electrons. The lowest BCUT2D eigenvalue weighted by molar-refractivity contribution is -0.140. The van der Waals surface area contributed by atoms with Gasteiger partial charge in [0.25, 0.3) is 0 Å². The topological polar surface area (TPSA) is 86.8 Å². The van der Waals surface area contributed by atoms with Crippen LogP contribution in [0.1, 0.15) is 42.0 Å². The van der Waals surface area contributed by atoms with Crippen molar-refractivity contribution in [2.75, 3.05) is 23.7 Å². The highest BCUT2D eigenvalue weighted by atomic mass is 35.5. The van der Waals surface area contributed by atoms with Crippen LogP contribution in [0.5, 0.6) is 0 Å². The fraction of sp³-hybridized carbons (Fsp3) is 0.355. The van der Waals surface area contributed by atoms with Crippen LogP contribution in [0.3, 0.4) is 0 Å². The quantitative estimate of drug-likeness (QED) is 0.277. The van der Waals surface area contributed by atoms with E-state index in [2.05, 4.69) is 5.32 Å². The van der Waals surface area contributed by atoms with E-state index in [1.165, 1.54) is 4.90 Å². The van der Waals surface area contributed by atoms with E-state index in [0.717, 1.165) is 40.1 Å². The number of carbonyl (C=O) groups is 2. The van der Waals surface area contributed by atoms with Gasteiger partial charge in [-0.3, -0.25) is 13.9 Å². The normalized spacial score (nSPS) is 12.0. The van der Waals surface area contributed by atoms with Crippen LogP contribution in [0.2, 0.25) is 5.02 Å². The third kappa shape index (κ3) is 8.57. The summed E-state index contributed by atoms with van der Waals surface area (Å²) in [6, 6.07) is 21.2. The highest BCUT2D eigenvalue weighted by Gasteiger charge is 2.33. The van der Waals surface area contributed by atoms with E-state index in [0.29, 0.717) is 22.8 Å². The number of benzene rings is 3. The summed E-state index contributed by atoms with van der Waals surface area (Å²) < 4.78 is 27.0. The lowest BCUT2D eigenvalue weighted by Gasteiger charge is -2.34. The number of hydrogen-bond acceptors (Lipinski definition) is 4. The van der Waals surface area contributed by atoms with E-state index in [1.807, 2.05) is 68.4 Å². The lowest BCUT2D eigenvalue weighted by atomic mass is 10.0. The molecule has 40 heavy (non-hydrogen) atoms. The molecule has 0 aliphatic carbocycles. The fourth-order valence-corrected chi connectivity index (χ4v) is 5.66. The maximum atomic E-state index is 14.1. The monoisotopic (exact) mass is 583 g/mol. The molecule has 0 fully saturated rings. The van der Waals surface area contributed by atoms with Crippen LogP contribution >= 0.6 is 11.6 Å². The summed E-state index contributed by atoms with van der Waals surface area (Å²) in [4.78, 5) is 29.3. The summed E-state index contributed by atoms with van der Waals surface area (Å²) in [6.07, 6.45) is 3.08. The van der Waals surface area contributed by atoms with Crippen LogP contribution in [0.15, 0.2) is 72.8 Å². The second kappa shape index (κ2) is 14.3. The predicted molar refractivity (Wildman–Crippen MR) is 162 cm³/mol. The van der Waals surface area contributed by atoms with Crippen molar-refractivity contribution in [1.82, 2.24) is 10.2 Å². The molecule has 2 amide bonds. The molecule has 0 saturated carbocycles. The number of nitrogens with zero attached hydrogens (tertiary/aromatic N) is 2. The standard InChI is InChI=1S/C31H38ClN3O4S/c1-5-6-18-33-31(37)29(20-25-13-8-7-9-14-25)34(21-26-15-11-10-12-23(26)2)30(36)22-35(40(4,38)39)28-17-16-27(32)19-24(28)3/h7-17,19,29H,5-6,18,20-22H2,1-4H3,(H,33,37). The molecule has 0 aliphatic rings. The van der Waals surface area contributed by atoms with Crippen LogP contribution in [0, 0.1) is 13.8 Å². The molecule has 0 spiro atoms. The molecule has 0 heterocycles. The number of hydrogen-bond donors (Lipinski definition) is 1. The van der Waals surface area contributed by atoms with E-state index in [1.54, 1.807) is 25.1 Å². The molecule has 7 nitrogen and oxygen atoms in total. The highest BCUT2D eigenvalue weighted by molar-refractivity contribution is 7.92. The molecule has 9 heteroatoms. The zero-order valence-electron chi connectivity index (χ0n) is 23.6. The van der Waals surface area contributed by atoms with Gasteiger partial charge in [-0.1, -0.05) is 79.5 Å². The summed E-state index contributed by atoms with van der Waals surface area (Å²) in [5.41, 5.74) is 3.73. The fourth-order valence-electron chi connectivity index (χ4n) is 4.52. The summed E-state index contributed by atoms with van der Waals surface area (Å²) in [7, 11) is -3.84. The number of rotatable bonds is 13. The minimum atomic E-state index is -3.84. The predicted octanol–water partition coefficient (Wildman–Crippen LogP) is 5.28. The second-order valence-corrected chi connectivity index (χ2v) is 12.3. The Morgan fingerprint density at radius 3 is 2.25 bits per heavy atom. The van der Waals surface area contributed by atoms with Gasteiger partial charge in [-0.15, -0.1) is 0 Å². The number of amides is 2. The molecule has 0 bridgehead atoms. The van der Waals surface area contributed by atoms with Gasteiger partial charge in [0.2, 0.25) is 21.8 Å². The number of halogens is 1. The molecule has 0 radical (unpaired) electrons. The first kappa shape index (κ1) is 31.2. The number of anilines is 1. The van der Waals surface area contributed by atoms with Crippen molar-refractivity contribution in [2.45, 2.75) is 52.6 Å². The minimum absolute atomic E-state index is 0.154. The van der Waals surface area contributed by atoms with Gasteiger partial charge >= 0.3 is 0 Å². The first-order chi connectivity index (χ1) is 19.0. The SMILES string of the molecule is CCCCNC(=O)C(Cc1ccccc1)N(Cc1ccccc1C)C(=O)CN(c1ccc(Cl)cc1C)S(C)(=O)=O. The maximum absolute atomic E-state index is 14.1. The lowest BCUT2D eigenvalue weighted by Crippen LogP contribution is -2.53. The Hall–Kier alpha value is -3.36. The Kier molecular flexibility index (Phi) is 11.2. The number of nitrogens with one attached hydrogen (secondary N) is 1. The third-order valence-electron chi connectivity index (χ3n) is 6.81. The van der Waals surface area contributed by atoms with Crippen LogP contribution in [-0.2, 0) is 32.6 Å². The molecular formula is C31H38ClN3O4S. The van der Waals surface area contributed by atoms with Crippen molar-refractivity contribution in [3.63, 3.8) is 0 Å². The van der Waals surface area contributed by atoms with Crippen molar-refractivity contribution < 1.29 is 18.0 Å². The zero-order chi connectivity index (χ0) is 29.3. The number of sulfonamides is 1. The van der Waals surface area contributed by atoms with Gasteiger partial charge in [0.05, 0.1) is 11.9 Å². The second-order valence-electron chi connectivity index (χ2n) is 10.00. The molecule has 0 aliphatic heterocycles. The summed E-state index contributed by atoms with van der Waals surface area (Å²) in [6.45, 7) is 5.93. The minimum Gasteiger partial charge on any atom is -0.354 e. The van der Waals surface area contributed by atoms with E-state index in [9.17, 15) is 18.0 Å². The molecular weight excluding hydrogens is 546 g/mol. The first-order valence-corrected chi connectivity index (χ1v) is 15.6. The number of carbonyl (C=O) groups excluding carboxylic acids is 2. The van der Waals surface area contributed by atoms with E-state index in [-0.39, 0.29) is 18.9 Å². The molecule has 1 unspecified atom stereocenters. The van der Waals surface area contributed by atoms with Gasteiger partial charge in [0.1, 0.15) is 12.6 Å². The first-order valence-electron chi connectivity index (χ1n) is 13.4. The van der Waals surface area contributed by atoms with Gasteiger partial charge in [0, 0.05) is 24.5 Å². The molecule has 1 atom stereocenters. The highest BCUT2D eigenvalue weighted by Crippen LogP contribution is 2.26. The molecule has 0 saturated heterocycles. The molecule has 3 rings (SSSR count). The van der Waals surface area contributed by atoms with Gasteiger partial charge in [0.15, 0.2) is 0 Å². The zero-order valence-corrected chi connectivity index (χ0v) is 25.1. The van der Waals surface area contributed by atoms with Gasteiger partial charge in [-0.05, 0) is 60.7 Å². The molecule has 0 aromatic heterocycles. The number of aryl methyl sites for hydroxylation is 2. The summed E-state index contributed by atoms with van der Waals surface area (Å²) in [5, 5.41) is 3.46. The van der Waals surface area contributed by atoms with Crippen LogP contribution in [0.25, 0.3) is 0 Å². The average molecular weight is 584 g/mol. The van der Waals surface area contributed by atoms with Crippen molar-refractivity contribution in [3.8, 4) is 0 Å². The Balaban J connectivity index is 2.06. The van der Waals surface area contributed by atoms with Crippen LogP contribution in [-0.4, -0.2) is 50.5 Å². The van der Waals surface area contributed by atoms with Crippen molar-refractivity contribution in [3.05, 3.63) is 100 Å². The van der Waals surface area contributed by atoms with E-state index in [4.69, 9.17) is 11.6 Å². The Bertz CT molecular complexity index is 1410. The Labute approximate surface area is 243 Å². The third-order valence-corrected chi connectivity index (χ3v) is 8.17. The molecule has 3 aromatic rings. The smallest absolute Gasteiger partial charge is 0.244 e. The summed E-state index contributed by atoms with van der Waals surface area (Å²) >= 11 is 6.12. The van der Waals surface area contributed by atoms with Crippen molar-refractivity contribution in [2.24, 2.45) is 0 Å². The van der Waals surface area contributed by atoms with Crippen LogP contribution < -0.4 is 9.62 Å². The molecule has 1 N–H and O–H groups in total. The van der Waals surface area contributed by atoms with E-state index < -0.39 is 28.5 Å². The van der Waals surface area contributed by atoms with Crippen molar-refractivity contribution >= 4 is 39.1 Å². The van der Waals surface area contributed by atoms with Gasteiger partial charge in [-0.25, -0.2) is 8.42 Å². The van der Waals surface area contributed by atoms with Gasteiger partial charge < -0.3 is 10.2 Å². The largest absolute Gasteiger partial charge is 0.354 e. The maximum Gasteiger partial charge on any atom is 0.244 e. The van der Waals surface area contributed by atoms with E-state index >= 15 is 0 Å². The van der Waals surface area contributed by atoms with Gasteiger partial charge in [-0.2, -0.15) is 0 Å². The molecule has 3 aromatic carbocycles. The van der Waals surface area contributed by atoms with Crippen molar-refractivity contribution in [1.29, 1.82) is 0 Å². The average Bonchev–Trinajstić information content (AvgIpc) is 2.90.